The maximum atomic E-state index is 11.8. The van der Waals surface area contributed by atoms with E-state index < -0.39 is 261 Å². The molecule has 7 heterocycles. The molecule has 34 atom stereocenters. The van der Waals surface area contributed by atoms with Crippen LogP contribution in [-0.2, 0) is 66.4 Å². The van der Waals surface area contributed by atoms with Crippen molar-refractivity contribution in [3.63, 3.8) is 0 Å². The van der Waals surface area contributed by atoms with E-state index in [-0.39, 0.29) is 0 Å². The van der Waals surface area contributed by atoms with Crippen molar-refractivity contribution in [2.45, 2.75) is 209 Å². The van der Waals surface area contributed by atoms with Crippen LogP contribution in [0.1, 0.15) is 0 Å². The van der Waals surface area contributed by atoms with Crippen LogP contribution < -0.4 is 0 Å². The number of rotatable bonds is 19. The number of carbonyl (C=O) groups excluding carboxylic acids is 1. The fourth-order valence-corrected chi connectivity index (χ4v) is 9.91. The molecule has 0 aliphatic carbocycles. The number of aliphatic hydroxyl groups is 22. The summed E-state index contributed by atoms with van der Waals surface area (Å²) >= 11 is 0. The number of hydrogen-bond acceptors (Lipinski definition) is 36. The Labute approximate surface area is 439 Å². The van der Waals surface area contributed by atoms with E-state index >= 15 is 0 Å². The van der Waals surface area contributed by atoms with Gasteiger partial charge in [-0.15, -0.1) is 0 Å². The lowest BCUT2D eigenvalue weighted by Gasteiger charge is -2.50. The Bertz CT molecular complexity index is 1850. The van der Waals surface area contributed by atoms with E-state index in [1.165, 1.54) is 0 Å². The third kappa shape index (κ3) is 12.8. The fourth-order valence-electron chi connectivity index (χ4n) is 9.91. The Morgan fingerprint density at radius 3 is 0.692 bits per heavy atom. The quantitative estimate of drug-likeness (QED) is 0.0534. The molecule has 7 fully saturated rings. The minimum Gasteiger partial charge on any atom is -0.455 e. The van der Waals surface area contributed by atoms with Crippen molar-refractivity contribution in [1.82, 2.24) is 0 Å². The molecule has 0 aromatic rings. The first-order valence-electron chi connectivity index (χ1n) is 24.5. The van der Waals surface area contributed by atoms with Crippen LogP contribution >= 0.6 is 0 Å². The van der Waals surface area contributed by atoms with Crippen molar-refractivity contribution in [3.8, 4) is 0 Å². The summed E-state index contributed by atoms with van der Waals surface area (Å²) in [6, 6.07) is 0. The number of ether oxygens (including phenoxy) is 13. The second-order valence-corrected chi connectivity index (χ2v) is 19.4. The van der Waals surface area contributed by atoms with Crippen LogP contribution in [0.25, 0.3) is 0 Å². The summed E-state index contributed by atoms with van der Waals surface area (Å²) in [5.41, 5.74) is 0. The summed E-state index contributed by atoms with van der Waals surface area (Å²) in [6.07, 6.45) is -66.1. The first kappa shape index (κ1) is 63.7. The molecule has 0 aromatic carbocycles. The highest BCUT2D eigenvalue weighted by Gasteiger charge is 2.58. The van der Waals surface area contributed by atoms with Crippen LogP contribution in [0.3, 0.4) is 0 Å². The molecule has 0 saturated carbocycles. The lowest BCUT2D eigenvalue weighted by atomic mass is 9.95. The molecule has 0 bridgehead atoms. The number of hydrogen-bond donors (Lipinski definition) is 22. The summed E-state index contributed by atoms with van der Waals surface area (Å²) in [7, 11) is 0. The van der Waals surface area contributed by atoms with Gasteiger partial charge in [-0.3, -0.25) is 0 Å². The lowest BCUT2D eigenvalue weighted by Crippen LogP contribution is -2.68. The molecule has 0 unspecified atom stereocenters. The Morgan fingerprint density at radius 1 is 0.256 bits per heavy atom. The third-order valence-corrected chi connectivity index (χ3v) is 14.4. The number of carbonyl (C=O) groups is 1. The predicted molar refractivity (Wildman–Crippen MR) is 231 cm³/mol. The van der Waals surface area contributed by atoms with Crippen LogP contribution in [-0.4, -0.2) is 373 Å². The highest BCUT2D eigenvalue weighted by molar-refractivity contribution is 5.76. The van der Waals surface area contributed by atoms with E-state index in [1.807, 2.05) is 0 Å². The summed E-state index contributed by atoms with van der Waals surface area (Å²) in [5.74, 6) is -1.30. The van der Waals surface area contributed by atoms with Crippen LogP contribution in [0, 0.1) is 0 Å². The molecular formula is C42H70O36. The zero-order chi connectivity index (χ0) is 57.3. The second kappa shape index (κ2) is 27.2. The van der Waals surface area contributed by atoms with Crippen molar-refractivity contribution < 1.29 is 179 Å². The van der Waals surface area contributed by atoms with Crippen LogP contribution in [0.5, 0.6) is 0 Å². The molecule has 0 amide bonds. The molecule has 454 valence electrons. The molecule has 7 rings (SSSR count). The van der Waals surface area contributed by atoms with E-state index in [0.717, 1.165) is 0 Å². The molecule has 36 heteroatoms. The SMILES string of the molecule is O=C1O[C@H](CO)[C@@H](O[C@H]2O[C@H](CO)[C@@H](O[C@H]3O[C@H](CO)[C@@H](O[C@H]4O[C@H](CO)[C@@H](O[C@H]5O[C@H](CO)[C@@H](O[C@H]6O[C@H](CO)[C@@H](O[C@H]7O[C@H](CO)[C@@H](O)[C@H](O)[C@H]7O)[C@H](O)[C@H]6O)[C@H](O)[C@H]5O)[C@H](O)[C@H]4O)[C@H](O)[C@H]3O)[C@H](O)[C@H]2O)[C@H](O)[C@H]1O. The van der Waals surface area contributed by atoms with Crippen molar-refractivity contribution in [3.05, 3.63) is 0 Å². The van der Waals surface area contributed by atoms with Gasteiger partial charge in [-0.1, -0.05) is 0 Å². The normalized spacial score (nSPS) is 52.5. The molecule has 7 aliphatic heterocycles. The smallest absolute Gasteiger partial charge is 0.338 e. The van der Waals surface area contributed by atoms with E-state index in [1.54, 1.807) is 0 Å². The van der Waals surface area contributed by atoms with Gasteiger partial charge in [0.05, 0.1) is 46.2 Å². The van der Waals surface area contributed by atoms with Gasteiger partial charge in [-0.05, 0) is 0 Å². The lowest BCUT2D eigenvalue weighted by molar-refractivity contribution is -0.397. The van der Waals surface area contributed by atoms with Crippen LogP contribution in [0.2, 0.25) is 0 Å². The minimum absolute atomic E-state index is 0.845. The predicted octanol–water partition coefficient (Wildman–Crippen LogP) is -16.1. The maximum absolute atomic E-state index is 11.8. The van der Waals surface area contributed by atoms with Gasteiger partial charge in [0.1, 0.15) is 159 Å². The standard InChI is InChI=1S/C42H70O36/c43-1-8-15(50)16(51)24(59)37(67-8)74-31-10(3-45)69-39(26(61)18(31)53)76-33-12(5-47)71-41(28(63)20(33)55)78-35-14(7-49)72-42(29(64)22(35)57)77-34-13(6-48)70-40(27(62)21(34)56)75-32-11(4-46)68-38(25(60)19(32)54)73-30-9(2-44)66-36(65)23(58)17(30)52/h8-35,37-64H,1-7H2/t8-,9-,10-,11-,12-,13-,14-,15-,16+,17-,18-,19-,20-,21-,22-,23-,24-,25-,26-,27-,28-,29-,30-,31-,32-,33-,34-,35-,37-,38-,39-,40-,41-,42-/m1/s1. The van der Waals surface area contributed by atoms with Gasteiger partial charge < -0.3 is 174 Å². The van der Waals surface area contributed by atoms with Crippen molar-refractivity contribution >= 4 is 5.97 Å². The van der Waals surface area contributed by atoms with Gasteiger partial charge in [0.15, 0.2) is 49.9 Å². The van der Waals surface area contributed by atoms with E-state index in [4.69, 9.17) is 61.6 Å². The molecule has 22 N–H and O–H groups in total. The van der Waals surface area contributed by atoms with Crippen LogP contribution in [0.15, 0.2) is 0 Å². The summed E-state index contributed by atoms with van der Waals surface area (Å²) in [6.45, 7) is -6.95. The van der Waals surface area contributed by atoms with Gasteiger partial charge in [0.25, 0.3) is 0 Å². The molecule has 78 heavy (non-hydrogen) atoms. The average Bonchev–Trinajstić information content (AvgIpc) is 3.47. The Balaban J connectivity index is 0.947. The number of aliphatic hydroxyl groups excluding tert-OH is 22. The molecular weight excluding hydrogens is 1080 g/mol. The molecule has 0 aromatic heterocycles. The Kier molecular flexibility index (Phi) is 22.2. The largest absolute Gasteiger partial charge is 0.455 e. The Morgan fingerprint density at radius 2 is 0.462 bits per heavy atom. The van der Waals surface area contributed by atoms with Crippen LogP contribution in [0.4, 0.5) is 0 Å². The number of esters is 1. The molecule has 36 nitrogen and oxygen atoms in total. The van der Waals surface area contributed by atoms with Gasteiger partial charge in [0, 0.05) is 0 Å². The molecule has 7 aliphatic rings. The van der Waals surface area contributed by atoms with E-state index in [9.17, 15) is 117 Å². The monoisotopic (exact) mass is 1150 g/mol. The van der Waals surface area contributed by atoms with Crippen molar-refractivity contribution in [1.29, 1.82) is 0 Å². The molecule has 0 radical (unpaired) electrons. The van der Waals surface area contributed by atoms with E-state index in [2.05, 4.69) is 0 Å². The first-order chi connectivity index (χ1) is 37.0. The summed E-state index contributed by atoms with van der Waals surface area (Å²) in [5, 5.41) is 233. The van der Waals surface area contributed by atoms with E-state index in [0.29, 0.717) is 0 Å². The third-order valence-electron chi connectivity index (χ3n) is 14.4. The van der Waals surface area contributed by atoms with Crippen molar-refractivity contribution in [2.75, 3.05) is 46.2 Å². The zero-order valence-electron chi connectivity index (χ0n) is 40.6. The number of cyclic esters (lactones) is 1. The fraction of sp³-hybridized carbons (Fsp3) is 0.976. The van der Waals surface area contributed by atoms with Gasteiger partial charge in [-0.25, -0.2) is 4.79 Å². The molecule has 7 saturated heterocycles. The summed E-state index contributed by atoms with van der Waals surface area (Å²) < 4.78 is 71.6. The minimum atomic E-state index is -2.23. The molecule has 0 spiro atoms. The zero-order valence-corrected chi connectivity index (χ0v) is 40.6. The van der Waals surface area contributed by atoms with Crippen molar-refractivity contribution in [2.24, 2.45) is 0 Å². The average molecular weight is 1150 g/mol. The van der Waals surface area contributed by atoms with Gasteiger partial charge in [0.2, 0.25) is 0 Å². The maximum Gasteiger partial charge on any atom is 0.338 e. The van der Waals surface area contributed by atoms with Gasteiger partial charge >= 0.3 is 5.97 Å². The summed E-state index contributed by atoms with van der Waals surface area (Å²) in [4.78, 5) is 11.8. The first-order valence-corrected chi connectivity index (χ1v) is 24.5. The second-order valence-electron chi connectivity index (χ2n) is 19.4. The Hall–Kier alpha value is -1.89. The topological polar surface area (TPSA) is 582 Å². The van der Waals surface area contributed by atoms with Gasteiger partial charge in [-0.2, -0.15) is 0 Å². The highest BCUT2D eigenvalue weighted by Crippen LogP contribution is 2.37. The highest BCUT2D eigenvalue weighted by atomic mass is 16.8.